The van der Waals surface area contributed by atoms with E-state index in [0.717, 1.165) is 57.3 Å². The van der Waals surface area contributed by atoms with Crippen LogP contribution >= 0.6 is 0 Å². The van der Waals surface area contributed by atoms with Gasteiger partial charge in [0.2, 0.25) is 0 Å². The summed E-state index contributed by atoms with van der Waals surface area (Å²) in [6.45, 7) is 8.11. The second kappa shape index (κ2) is 6.89. The third-order valence-corrected chi connectivity index (χ3v) is 4.59. The van der Waals surface area contributed by atoms with Crippen LogP contribution in [0.25, 0.3) is 0 Å². The quantitative estimate of drug-likeness (QED) is 0.914. The third kappa shape index (κ3) is 3.24. The molecule has 0 aliphatic carbocycles. The lowest BCUT2D eigenvalue weighted by molar-refractivity contribution is 0.0849. The molecule has 6 nitrogen and oxygen atoms in total. The van der Waals surface area contributed by atoms with Crippen LogP contribution in [0.3, 0.4) is 0 Å². The van der Waals surface area contributed by atoms with E-state index in [1.807, 2.05) is 6.92 Å². The number of ether oxygens (including phenoxy) is 2. The molecule has 3 rings (SSSR count). The minimum absolute atomic E-state index is 0.0958. The van der Waals surface area contributed by atoms with Gasteiger partial charge in [0, 0.05) is 25.8 Å². The summed E-state index contributed by atoms with van der Waals surface area (Å²) >= 11 is 0. The highest BCUT2D eigenvalue weighted by Crippen LogP contribution is 2.32. The second-order valence-corrected chi connectivity index (χ2v) is 6.34. The maximum atomic E-state index is 6.11. The Morgan fingerprint density at radius 3 is 2.68 bits per heavy atom. The van der Waals surface area contributed by atoms with Crippen molar-refractivity contribution in [3.8, 4) is 0 Å². The van der Waals surface area contributed by atoms with Gasteiger partial charge < -0.3 is 20.1 Å². The lowest BCUT2D eigenvalue weighted by Crippen LogP contribution is -2.44. The summed E-state index contributed by atoms with van der Waals surface area (Å²) < 4.78 is 11.0. The van der Waals surface area contributed by atoms with E-state index < -0.39 is 0 Å². The van der Waals surface area contributed by atoms with Crippen LogP contribution in [0.1, 0.15) is 49.9 Å². The largest absolute Gasteiger partial charge is 0.381 e. The van der Waals surface area contributed by atoms with E-state index in [1.165, 1.54) is 5.56 Å². The van der Waals surface area contributed by atoms with Gasteiger partial charge in [-0.2, -0.15) is 5.10 Å². The molecule has 0 radical (unpaired) electrons. The molecule has 2 fully saturated rings. The standard InChI is InChI=1S/C16H26N4O2/c1-11-10-22-8-5-20(11)15-9-14(13-3-6-21-7-4-13)16(12(2)17)19-18-15/h9,11-13H,3-8,10,17H2,1-2H3. The van der Waals surface area contributed by atoms with E-state index in [1.54, 1.807) is 0 Å². The van der Waals surface area contributed by atoms with E-state index in [2.05, 4.69) is 28.1 Å². The zero-order valence-corrected chi connectivity index (χ0v) is 13.5. The highest BCUT2D eigenvalue weighted by Gasteiger charge is 2.26. The van der Waals surface area contributed by atoms with Crippen molar-refractivity contribution in [3.63, 3.8) is 0 Å². The third-order valence-electron chi connectivity index (χ3n) is 4.59. The minimum atomic E-state index is -0.0958. The summed E-state index contributed by atoms with van der Waals surface area (Å²) in [4.78, 5) is 2.28. The van der Waals surface area contributed by atoms with E-state index in [9.17, 15) is 0 Å². The van der Waals surface area contributed by atoms with Crippen LogP contribution in [0.2, 0.25) is 0 Å². The van der Waals surface area contributed by atoms with Gasteiger partial charge in [0.05, 0.1) is 24.9 Å². The van der Waals surface area contributed by atoms with Gasteiger partial charge >= 0.3 is 0 Å². The first-order valence-corrected chi connectivity index (χ1v) is 8.22. The summed E-state index contributed by atoms with van der Waals surface area (Å²) in [6, 6.07) is 2.43. The van der Waals surface area contributed by atoms with Crippen molar-refractivity contribution in [1.82, 2.24) is 10.2 Å². The Balaban J connectivity index is 1.92. The van der Waals surface area contributed by atoms with Crippen molar-refractivity contribution < 1.29 is 9.47 Å². The molecule has 2 unspecified atom stereocenters. The summed E-state index contributed by atoms with van der Waals surface area (Å²) in [6.07, 6.45) is 2.06. The average molecular weight is 306 g/mol. The molecule has 6 heteroatoms. The Labute approximate surface area is 132 Å². The number of rotatable bonds is 3. The molecule has 0 bridgehead atoms. The van der Waals surface area contributed by atoms with Crippen molar-refractivity contribution in [2.24, 2.45) is 5.73 Å². The number of hydrogen-bond donors (Lipinski definition) is 1. The van der Waals surface area contributed by atoms with Crippen molar-refractivity contribution in [2.75, 3.05) is 37.9 Å². The number of nitrogens with two attached hydrogens (primary N) is 1. The highest BCUT2D eigenvalue weighted by molar-refractivity contribution is 5.44. The Kier molecular flexibility index (Phi) is 4.90. The molecule has 22 heavy (non-hydrogen) atoms. The monoisotopic (exact) mass is 306 g/mol. The van der Waals surface area contributed by atoms with Crippen molar-refractivity contribution >= 4 is 5.82 Å². The van der Waals surface area contributed by atoms with Crippen molar-refractivity contribution in [1.29, 1.82) is 0 Å². The average Bonchev–Trinajstić information content (AvgIpc) is 2.55. The summed E-state index contributed by atoms with van der Waals surface area (Å²) in [5, 5.41) is 8.90. The molecule has 1 aromatic heterocycles. The van der Waals surface area contributed by atoms with E-state index in [4.69, 9.17) is 15.2 Å². The Bertz CT molecular complexity index is 503. The lowest BCUT2D eigenvalue weighted by Gasteiger charge is -2.35. The van der Waals surface area contributed by atoms with Crippen molar-refractivity contribution in [2.45, 2.75) is 44.7 Å². The molecule has 0 saturated carbocycles. The molecular formula is C16H26N4O2. The van der Waals surface area contributed by atoms with Crippen LogP contribution in [0, 0.1) is 0 Å². The maximum absolute atomic E-state index is 6.11. The molecule has 2 aliphatic heterocycles. The van der Waals surface area contributed by atoms with E-state index in [0.29, 0.717) is 12.0 Å². The van der Waals surface area contributed by atoms with Gasteiger partial charge in [-0.3, -0.25) is 0 Å². The first-order valence-electron chi connectivity index (χ1n) is 8.22. The first-order chi connectivity index (χ1) is 10.7. The summed E-state index contributed by atoms with van der Waals surface area (Å²) in [5.74, 6) is 1.42. The van der Waals surface area contributed by atoms with Crippen LogP contribution in [0.5, 0.6) is 0 Å². The van der Waals surface area contributed by atoms with Gasteiger partial charge in [-0.25, -0.2) is 0 Å². The van der Waals surface area contributed by atoms with Gasteiger partial charge in [-0.05, 0) is 44.2 Å². The summed E-state index contributed by atoms with van der Waals surface area (Å²) in [7, 11) is 0. The normalized spacial score (nSPS) is 25.2. The van der Waals surface area contributed by atoms with Crippen LogP contribution in [-0.4, -0.2) is 49.2 Å². The zero-order chi connectivity index (χ0) is 15.5. The Hall–Kier alpha value is -1.24. The second-order valence-electron chi connectivity index (χ2n) is 6.34. The fraction of sp³-hybridized carbons (Fsp3) is 0.750. The highest BCUT2D eigenvalue weighted by atomic mass is 16.5. The van der Waals surface area contributed by atoms with Crippen LogP contribution in [0.4, 0.5) is 5.82 Å². The SMILES string of the molecule is CC(N)c1nnc(N2CCOCC2C)cc1C1CCOCC1. The predicted molar refractivity (Wildman–Crippen MR) is 85.1 cm³/mol. The molecule has 0 amide bonds. The van der Waals surface area contributed by atoms with E-state index >= 15 is 0 Å². The molecule has 2 aliphatic rings. The van der Waals surface area contributed by atoms with Gasteiger partial charge in [-0.15, -0.1) is 5.10 Å². The molecule has 122 valence electrons. The van der Waals surface area contributed by atoms with Gasteiger partial charge in [0.15, 0.2) is 5.82 Å². The smallest absolute Gasteiger partial charge is 0.151 e. The first kappa shape index (κ1) is 15.6. The summed E-state index contributed by atoms with van der Waals surface area (Å²) in [5.41, 5.74) is 8.29. The molecule has 2 N–H and O–H groups in total. The van der Waals surface area contributed by atoms with E-state index in [-0.39, 0.29) is 6.04 Å². The van der Waals surface area contributed by atoms with Crippen molar-refractivity contribution in [3.05, 3.63) is 17.3 Å². The fourth-order valence-corrected chi connectivity index (χ4v) is 3.30. The molecular weight excluding hydrogens is 280 g/mol. The van der Waals surface area contributed by atoms with Gasteiger partial charge in [0.25, 0.3) is 0 Å². The molecule has 1 aromatic rings. The zero-order valence-electron chi connectivity index (χ0n) is 13.5. The molecule has 0 spiro atoms. The van der Waals surface area contributed by atoms with Crippen LogP contribution < -0.4 is 10.6 Å². The Morgan fingerprint density at radius 1 is 1.23 bits per heavy atom. The number of aromatic nitrogens is 2. The lowest BCUT2D eigenvalue weighted by atomic mass is 9.89. The van der Waals surface area contributed by atoms with Crippen LogP contribution in [-0.2, 0) is 9.47 Å². The number of morpholine rings is 1. The molecule has 0 aromatic carbocycles. The number of nitrogens with zero attached hydrogens (tertiary/aromatic N) is 3. The molecule has 2 atom stereocenters. The predicted octanol–water partition coefficient (Wildman–Crippen LogP) is 1.62. The van der Waals surface area contributed by atoms with Gasteiger partial charge in [0.1, 0.15) is 0 Å². The Morgan fingerprint density at radius 2 is 2.00 bits per heavy atom. The topological polar surface area (TPSA) is 73.5 Å². The maximum Gasteiger partial charge on any atom is 0.151 e. The minimum Gasteiger partial charge on any atom is -0.381 e. The molecule has 2 saturated heterocycles. The number of anilines is 1. The van der Waals surface area contributed by atoms with Gasteiger partial charge in [-0.1, -0.05) is 0 Å². The number of hydrogen-bond acceptors (Lipinski definition) is 6. The molecule has 3 heterocycles. The van der Waals surface area contributed by atoms with Crippen LogP contribution in [0.15, 0.2) is 6.07 Å². The fourth-order valence-electron chi connectivity index (χ4n) is 3.30.